The summed E-state index contributed by atoms with van der Waals surface area (Å²) in [4.78, 5) is 11.6. The number of benzene rings is 1. The van der Waals surface area contributed by atoms with Gasteiger partial charge in [-0.25, -0.2) is 4.79 Å². The second-order valence-corrected chi connectivity index (χ2v) is 4.38. The highest BCUT2D eigenvalue weighted by molar-refractivity contribution is 5.89. The van der Waals surface area contributed by atoms with Gasteiger partial charge in [-0.2, -0.15) is 0 Å². The van der Waals surface area contributed by atoms with Crippen LogP contribution in [0, 0.1) is 0 Å². The number of carbonyl (C=O) groups excluding carboxylic acids is 1. The molecule has 128 valence electrons. The van der Waals surface area contributed by atoms with Crippen molar-refractivity contribution in [1.29, 1.82) is 0 Å². The normalized spacial score (nSPS) is 10.3. The maximum atomic E-state index is 11.6. The van der Waals surface area contributed by atoms with Gasteiger partial charge in [0.15, 0.2) is 0 Å². The Balaban J connectivity index is 1.83. The average Bonchev–Trinajstić information content (AvgIpc) is 2.59. The van der Waals surface area contributed by atoms with Gasteiger partial charge in [-0.3, -0.25) is 0 Å². The van der Waals surface area contributed by atoms with Crippen molar-refractivity contribution >= 4 is 5.97 Å². The van der Waals surface area contributed by atoms with Gasteiger partial charge in [0, 0.05) is 0 Å². The molecule has 0 N–H and O–H groups in total. The van der Waals surface area contributed by atoms with E-state index in [4.69, 9.17) is 23.7 Å². The minimum absolute atomic E-state index is 0.222. The van der Waals surface area contributed by atoms with Gasteiger partial charge in [-0.1, -0.05) is 24.8 Å². The monoisotopic (exact) mass is 324 g/mol. The third-order valence-corrected chi connectivity index (χ3v) is 2.68. The smallest absolute Gasteiger partial charge is 0.338 e. The van der Waals surface area contributed by atoms with Crippen LogP contribution in [0.2, 0.25) is 0 Å². The molecule has 1 aromatic carbocycles. The lowest BCUT2D eigenvalue weighted by Gasteiger charge is -2.07. The van der Waals surface area contributed by atoms with Gasteiger partial charge in [0.05, 0.1) is 51.5 Å². The fourth-order valence-corrected chi connectivity index (χ4v) is 1.58. The molecule has 0 saturated carbocycles. The van der Waals surface area contributed by atoms with Crippen molar-refractivity contribution in [2.45, 2.75) is 0 Å². The van der Waals surface area contributed by atoms with Crippen LogP contribution in [0.4, 0.5) is 0 Å². The third-order valence-electron chi connectivity index (χ3n) is 2.68. The van der Waals surface area contributed by atoms with E-state index in [1.165, 1.54) is 6.26 Å². The minimum Gasteiger partial charge on any atom is -0.499 e. The maximum Gasteiger partial charge on any atom is 0.338 e. The zero-order valence-corrected chi connectivity index (χ0v) is 13.3. The molecule has 23 heavy (non-hydrogen) atoms. The van der Waals surface area contributed by atoms with E-state index in [0.29, 0.717) is 51.8 Å². The summed E-state index contributed by atoms with van der Waals surface area (Å²) in [6.45, 7) is 6.93. The van der Waals surface area contributed by atoms with Gasteiger partial charge in [0.25, 0.3) is 0 Å². The fraction of sp³-hybridized carbons (Fsp3) is 0.471. The quantitative estimate of drug-likeness (QED) is 0.296. The Labute approximate surface area is 136 Å². The molecule has 0 amide bonds. The van der Waals surface area contributed by atoms with Crippen molar-refractivity contribution in [3.05, 3.63) is 48.7 Å². The zero-order chi connectivity index (χ0) is 16.6. The number of esters is 1. The van der Waals surface area contributed by atoms with E-state index < -0.39 is 0 Å². The fourth-order valence-electron chi connectivity index (χ4n) is 1.58. The molecule has 0 aromatic heterocycles. The molecule has 6 nitrogen and oxygen atoms in total. The minimum atomic E-state index is -0.344. The van der Waals surface area contributed by atoms with Crippen molar-refractivity contribution in [2.75, 3.05) is 52.9 Å². The summed E-state index contributed by atoms with van der Waals surface area (Å²) >= 11 is 0. The molecule has 0 heterocycles. The summed E-state index contributed by atoms with van der Waals surface area (Å²) in [6.07, 6.45) is 1.38. The van der Waals surface area contributed by atoms with Crippen LogP contribution in [0.5, 0.6) is 0 Å². The molecule has 0 aliphatic carbocycles. The molecule has 0 aliphatic rings. The second kappa shape index (κ2) is 13.8. The molecule has 6 heteroatoms. The highest BCUT2D eigenvalue weighted by atomic mass is 16.6. The summed E-state index contributed by atoms with van der Waals surface area (Å²) in [5, 5.41) is 0. The van der Waals surface area contributed by atoms with Crippen molar-refractivity contribution in [2.24, 2.45) is 0 Å². The van der Waals surface area contributed by atoms with Gasteiger partial charge in [-0.05, 0) is 12.1 Å². The van der Waals surface area contributed by atoms with E-state index in [0.717, 1.165) is 0 Å². The van der Waals surface area contributed by atoms with Gasteiger partial charge >= 0.3 is 5.97 Å². The highest BCUT2D eigenvalue weighted by Crippen LogP contribution is 2.00. The standard InChI is InChI=1S/C17H24O6/c1-2-19-8-9-20-10-11-21-12-13-22-14-15-23-17(18)16-6-4-3-5-7-16/h2-7H,1,8-15H2. The molecule has 0 atom stereocenters. The lowest BCUT2D eigenvalue weighted by molar-refractivity contribution is -0.00379. The van der Waals surface area contributed by atoms with Crippen LogP contribution in [0.1, 0.15) is 10.4 Å². The summed E-state index contributed by atoms with van der Waals surface area (Å²) in [5.74, 6) is -0.344. The van der Waals surface area contributed by atoms with Crippen LogP contribution in [0.15, 0.2) is 43.2 Å². The molecule has 1 rings (SSSR count). The van der Waals surface area contributed by atoms with E-state index in [-0.39, 0.29) is 12.6 Å². The summed E-state index contributed by atoms with van der Waals surface area (Å²) in [5.41, 5.74) is 0.536. The molecular formula is C17H24O6. The highest BCUT2D eigenvalue weighted by Gasteiger charge is 2.04. The van der Waals surface area contributed by atoms with E-state index in [2.05, 4.69) is 6.58 Å². The Bertz CT molecular complexity index is 420. The lowest BCUT2D eigenvalue weighted by atomic mass is 10.2. The molecule has 0 unspecified atom stereocenters. The van der Waals surface area contributed by atoms with E-state index in [9.17, 15) is 4.79 Å². The average molecular weight is 324 g/mol. The first kappa shape index (κ1) is 19.2. The molecular weight excluding hydrogens is 300 g/mol. The van der Waals surface area contributed by atoms with Gasteiger partial charge in [0.1, 0.15) is 13.2 Å². The SMILES string of the molecule is C=COCCOCCOCCOCCOC(=O)c1ccccc1. The molecule has 0 fully saturated rings. The molecule has 1 aromatic rings. The van der Waals surface area contributed by atoms with Crippen molar-refractivity contribution in [3.8, 4) is 0 Å². The predicted molar refractivity (Wildman–Crippen MR) is 85.3 cm³/mol. The lowest BCUT2D eigenvalue weighted by Crippen LogP contribution is -2.14. The van der Waals surface area contributed by atoms with Crippen LogP contribution >= 0.6 is 0 Å². The molecule has 0 aliphatic heterocycles. The number of hydrogen-bond acceptors (Lipinski definition) is 6. The number of hydrogen-bond donors (Lipinski definition) is 0. The first-order valence-electron chi connectivity index (χ1n) is 7.52. The Morgan fingerprint density at radius 1 is 0.826 bits per heavy atom. The first-order chi connectivity index (χ1) is 11.3. The Morgan fingerprint density at radius 2 is 1.35 bits per heavy atom. The molecule has 0 bridgehead atoms. The van der Waals surface area contributed by atoms with E-state index >= 15 is 0 Å². The van der Waals surface area contributed by atoms with Gasteiger partial charge in [0.2, 0.25) is 0 Å². The van der Waals surface area contributed by atoms with Crippen LogP contribution in [-0.4, -0.2) is 58.8 Å². The maximum absolute atomic E-state index is 11.6. The van der Waals surface area contributed by atoms with Crippen LogP contribution in [0.25, 0.3) is 0 Å². The van der Waals surface area contributed by atoms with Gasteiger partial charge in [-0.15, -0.1) is 0 Å². The van der Waals surface area contributed by atoms with Crippen LogP contribution < -0.4 is 0 Å². The number of carbonyl (C=O) groups is 1. The Morgan fingerprint density at radius 3 is 1.91 bits per heavy atom. The summed E-state index contributed by atoms with van der Waals surface area (Å²) < 4.78 is 25.9. The Kier molecular flexibility index (Phi) is 11.5. The summed E-state index contributed by atoms with van der Waals surface area (Å²) in [6, 6.07) is 8.85. The predicted octanol–water partition coefficient (Wildman–Crippen LogP) is 2.05. The van der Waals surface area contributed by atoms with E-state index in [1.54, 1.807) is 24.3 Å². The van der Waals surface area contributed by atoms with Crippen molar-refractivity contribution in [3.63, 3.8) is 0 Å². The van der Waals surface area contributed by atoms with E-state index in [1.807, 2.05) is 6.07 Å². The zero-order valence-electron chi connectivity index (χ0n) is 13.3. The van der Waals surface area contributed by atoms with Crippen molar-refractivity contribution in [1.82, 2.24) is 0 Å². The second-order valence-electron chi connectivity index (χ2n) is 4.38. The number of rotatable bonds is 14. The third kappa shape index (κ3) is 10.5. The first-order valence-corrected chi connectivity index (χ1v) is 7.52. The summed E-state index contributed by atoms with van der Waals surface area (Å²) in [7, 11) is 0. The molecule has 0 radical (unpaired) electrons. The van der Waals surface area contributed by atoms with Crippen molar-refractivity contribution < 1.29 is 28.5 Å². The van der Waals surface area contributed by atoms with Gasteiger partial charge < -0.3 is 23.7 Å². The van der Waals surface area contributed by atoms with Crippen LogP contribution in [-0.2, 0) is 23.7 Å². The Hall–Kier alpha value is -1.89. The van der Waals surface area contributed by atoms with Crippen LogP contribution in [0.3, 0.4) is 0 Å². The molecule has 0 saturated heterocycles. The molecule has 0 spiro atoms. The topological polar surface area (TPSA) is 63.2 Å². The largest absolute Gasteiger partial charge is 0.499 e. The number of ether oxygens (including phenoxy) is 5.